The SMILES string of the molecule is CC(C)(C)[N+]1(C)CCCN2CCCCCC21. The van der Waals surface area contributed by atoms with Crippen LogP contribution in [0, 0.1) is 0 Å². The summed E-state index contributed by atoms with van der Waals surface area (Å²) in [5.74, 6) is 0. The first-order valence-electron chi connectivity index (χ1n) is 7.04. The molecule has 2 fully saturated rings. The van der Waals surface area contributed by atoms with Crippen LogP contribution >= 0.6 is 0 Å². The Morgan fingerprint density at radius 1 is 1.00 bits per heavy atom. The first-order chi connectivity index (χ1) is 7.45. The minimum atomic E-state index is 0.383. The van der Waals surface area contributed by atoms with Gasteiger partial charge in [0, 0.05) is 25.9 Å². The van der Waals surface area contributed by atoms with E-state index >= 15 is 0 Å². The van der Waals surface area contributed by atoms with E-state index < -0.39 is 0 Å². The molecule has 0 N–H and O–H groups in total. The van der Waals surface area contributed by atoms with E-state index in [9.17, 15) is 0 Å². The number of fused-ring (bicyclic) bond motifs is 1. The first kappa shape index (κ1) is 12.4. The minimum absolute atomic E-state index is 0.383. The Balaban J connectivity index is 2.24. The third-order valence-electron chi connectivity index (χ3n) is 5.09. The molecule has 2 nitrogen and oxygen atoms in total. The van der Waals surface area contributed by atoms with Gasteiger partial charge in [0.05, 0.1) is 19.1 Å². The number of quaternary nitrogens is 1. The van der Waals surface area contributed by atoms with Gasteiger partial charge in [-0.1, -0.05) is 6.42 Å². The van der Waals surface area contributed by atoms with Crippen molar-refractivity contribution in [1.82, 2.24) is 4.90 Å². The molecular formula is C14H29N2+. The van der Waals surface area contributed by atoms with Gasteiger partial charge < -0.3 is 4.48 Å². The predicted octanol–water partition coefficient (Wildman–Crippen LogP) is 2.84. The molecule has 0 saturated carbocycles. The van der Waals surface area contributed by atoms with Crippen LogP contribution in [0.15, 0.2) is 0 Å². The second-order valence-electron chi connectivity index (χ2n) is 6.88. The van der Waals surface area contributed by atoms with Crippen LogP contribution in [-0.2, 0) is 0 Å². The Kier molecular flexibility index (Phi) is 3.33. The van der Waals surface area contributed by atoms with E-state index in [0.29, 0.717) is 5.54 Å². The highest BCUT2D eigenvalue weighted by Crippen LogP contribution is 2.35. The van der Waals surface area contributed by atoms with Crippen molar-refractivity contribution in [1.29, 1.82) is 0 Å². The maximum atomic E-state index is 2.78. The van der Waals surface area contributed by atoms with E-state index in [1.165, 1.54) is 56.2 Å². The average molecular weight is 225 g/mol. The lowest BCUT2D eigenvalue weighted by Crippen LogP contribution is -2.70. The zero-order valence-corrected chi connectivity index (χ0v) is 11.6. The Morgan fingerprint density at radius 3 is 2.38 bits per heavy atom. The van der Waals surface area contributed by atoms with Crippen LogP contribution in [0.3, 0.4) is 0 Å². The quantitative estimate of drug-likeness (QED) is 0.573. The summed E-state index contributed by atoms with van der Waals surface area (Å²) in [6, 6.07) is 0. The van der Waals surface area contributed by atoms with Crippen molar-refractivity contribution in [2.45, 2.75) is 64.6 Å². The smallest absolute Gasteiger partial charge is 0.145 e. The third-order valence-corrected chi connectivity index (χ3v) is 5.09. The molecule has 2 heteroatoms. The van der Waals surface area contributed by atoms with Gasteiger partial charge in [-0.05, 0) is 33.6 Å². The van der Waals surface area contributed by atoms with Gasteiger partial charge in [0.25, 0.3) is 0 Å². The maximum absolute atomic E-state index is 2.78. The van der Waals surface area contributed by atoms with Crippen molar-refractivity contribution < 1.29 is 4.48 Å². The molecule has 0 amide bonds. The second kappa shape index (κ2) is 4.30. The molecule has 0 bridgehead atoms. The second-order valence-corrected chi connectivity index (χ2v) is 6.88. The van der Waals surface area contributed by atoms with Gasteiger partial charge >= 0.3 is 0 Å². The van der Waals surface area contributed by atoms with Crippen molar-refractivity contribution in [2.75, 3.05) is 26.7 Å². The summed E-state index contributed by atoms with van der Waals surface area (Å²) < 4.78 is 1.26. The van der Waals surface area contributed by atoms with E-state index in [4.69, 9.17) is 0 Å². The van der Waals surface area contributed by atoms with Crippen molar-refractivity contribution >= 4 is 0 Å². The van der Waals surface area contributed by atoms with Gasteiger partial charge in [-0.3, -0.25) is 4.90 Å². The molecule has 2 aliphatic heterocycles. The standard InChI is InChI=1S/C14H29N2/c1-14(2,3)16(4)12-8-11-15-10-7-5-6-9-13(15)16/h13H,5-12H2,1-4H3/q+1. The van der Waals surface area contributed by atoms with E-state index in [1.54, 1.807) is 0 Å². The number of hydrogen-bond acceptors (Lipinski definition) is 1. The molecule has 2 rings (SSSR count). The van der Waals surface area contributed by atoms with E-state index in [2.05, 4.69) is 32.7 Å². The molecule has 16 heavy (non-hydrogen) atoms. The molecule has 94 valence electrons. The predicted molar refractivity (Wildman–Crippen MR) is 69.3 cm³/mol. The number of nitrogens with zero attached hydrogens (tertiary/aromatic N) is 2. The first-order valence-corrected chi connectivity index (χ1v) is 7.04. The molecule has 2 saturated heterocycles. The number of rotatable bonds is 0. The van der Waals surface area contributed by atoms with Crippen molar-refractivity contribution in [3.8, 4) is 0 Å². The maximum Gasteiger partial charge on any atom is 0.145 e. The highest BCUT2D eigenvalue weighted by Gasteiger charge is 2.47. The average Bonchev–Trinajstić information content (AvgIpc) is 2.42. The van der Waals surface area contributed by atoms with E-state index in [1.807, 2.05) is 0 Å². The van der Waals surface area contributed by atoms with Crippen LogP contribution in [0.2, 0.25) is 0 Å². The molecular weight excluding hydrogens is 196 g/mol. The Bertz CT molecular complexity index is 244. The Hall–Kier alpha value is -0.0800. The van der Waals surface area contributed by atoms with Crippen molar-refractivity contribution in [2.24, 2.45) is 0 Å². The fraction of sp³-hybridized carbons (Fsp3) is 1.00. The molecule has 0 aromatic rings. The van der Waals surface area contributed by atoms with Gasteiger partial charge in [0.1, 0.15) is 6.17 Å². The highest BCUT2D eigenvalue weighted by molar-refractivity contribution is 4.77. The fourth-order valence-corrected chi connectivity index (χ4v) is 3.59. The highest BCUT2D eigenvalue weighted by atomic mass is 15.5. The summed E-state index contributed by atoms with van der Waals surface area (Å²) in [5, 5.41) is 0. The normalized spacial score (nSPS) is 37.9. The lowest BCUT2D eigenvalue weighted by molar-refractivity contribution is -0.991. The summed E-state index contributed by atoms with van der Waals surface area (Å²) in [6.45, 7) is 11.3. The molecule has 0 spiro atoms. The van der Waals surface area contributed by atoms with Crippen LogP contribution < -0.4 is 0 Å². The van der Waals surface area contributed by atoms with Gasteiger partial charge in [0.15, 0.2) is 0 Å². The Labute approximate surface area is 101 Å². The van der Waals surface area contributed by atoms with E-state index in [-0.39, 0.29) is 0 Å². The van der Waals surface area contributed by atoms with Gasteiger partial charge in [0.2, 0.25) is 0 Å². The fourth-order valence-electron chi connectivity index (χ4n) is 3.59. The summed E-state index contributed by atoms with van der Waals surface area (Å²) in [6.07, 6.45) is 7.87. The summed E-state index contributed by atoms with van der Waals surface area (Å²) in [5.41, 5.74) is 0.383. The summed E-state index contributed by atoms with van der Waals surface area (Å²) in [7, 11) is 2.49. The molecule has 0 radical (unpaired) electrons. The molecule has 2 aliphatic rings. The van der Waals surface area contributed by atoms with Crippen LogP contribution in [0.25, 0.3) is 0 Å². The molecule has 2 heterocycles. The molecule has 2 atom stereocenters. The number of hydrogen-bond donors (Lipinski definition) is 0. The topological polar surface area (TPSA) is 3.24 Å². The van der Waals surface area contributed by atoms with Gasteiger partial charge in [-0.25, -0.2) is 0 Å². The van der Waals surface area contributed by atoms with Crippen molar-refractivity contribution in [3.05, 3.63) is 0 Å². The lowest BCUT2D eigenvalue weighted by atomic mass is 9.96. The molecule has 0 aromatic heterocycles. The van der Waals surface area contributed by atoms with Gasteiger partial charge in [-0.2, -0.15) is 0 Å². The Morgan fingerprint density at radius 2 is 1.69 bits per heavy atom. The summed E-state index contributed by atoms with van der Waals surface area (Å²) >= 11 is 0. The minimum Gasteiger partial charge on any atom is -0.307 e. The molecule has 2 unspecified atom stereocenters. The van der Waals surface area contributed by atoms with Gasteiger partial charge in [-0.15, -0.1) is 0 Å². The molecule has 0 aromatic carbocycles. The largest absolute Gasteiger partial charge is 0.307 e. The van der Waals surface area contributed by atoms with Crippen LogP contribution in [0.1, 0.15) is 52.9 Å². The van der Waals surface area contributed by atoms with E-state index in [0.717, 1.165) is 6.17 Å². The third kappa shape index (κ3) is 2.02. The van der Waals surface area contributed by atoms with Crippen LogP contribution in [0.5, 0.6) is 0 Å². The monoisotopic (exact) mass is 225 g/mol. The van der Waals surface area contributed by atoms with Crippen LogP contribution in [-0.4, -0.2) is 47.8 Å². The zero-order valence-electron chi connectivity index (χ0n) is 11.6. The zero-order chi connectivity index (χ0) is 11.8. The lowest BCUT2D eigenvalue weighted by Gasteiger charge is -2.56. The van der Waals surface area contributed by atoms with Crippen LogP contribution in [0.4, 0.5) is 0 Å². The summed E-state index contributed by atoms with van der Waals surface area (Å²) in [4.78, 5) is 2.78. The molecule has 0 aliphatic carbocycles. The van der Waals surface area contributed by atoms with Crippen molar-refractivity contribution in [3.63, 3.8) is 0 Å².